The smallest absolute Gasteiger partial charge is 0.380 e. The number of alkyl halides is 3. The largest absolute Gasteiger partial charge is 0.417 e. The quantitative estimate of drug-likeness (QED) is 0.647. The molecule has 0 unspecified atom stereocenters. The van der Waals surface area contributed by atoms with E-state index < -0.39 is 17.2 Å². The second-order valence-corrected chi connectivity index (χ2v) is 9.78. The number of rotatable bonds is 0. The zero-order valence-corrected chi connectivity index (χ0v) is 15.8. The van der Waals surface area contributed by atoms with E-state index in [1.165, 1.54) is 0 Å². The molecule has 7 atom stereocenters. The number of ketones is 1. The molecule has 4 aliphatic rings. The highest BCUT2D eigenvalue weighted by Crippen LogP contribution is 2.70. The third-order valence-electron chi connectivity index (χ3n) is 9.20. The van der Waals surface area contributed by atoms with Crippen molar-refractivity contribution in [2.45, 2.75) is 77.5 Å². The molecular weight excluding hydrogens is 341 g/mol. The van der Waals surface area contributed by atoms with Crippen LogP contribution in [0.3, 0.4) is 0 Å². The molecule has 0 bridgehead atoms. The molecule has 3 saturated carbocycles. The molecular formula is C21H29F3O2. The van der Waals surface area contributed by atoms with Gasteiger partial charge in [-0.2, -0.15) is 13.2 Å². The first-order chi connectivity index (χ1) is 11.9. The fourth-order valence-electron chi connectivity index (χ4n) is 7.54. The van der Waals surface area contributed by atoms with E-state index in [2.05, 4.69) is 6.92 Å². The zero-order chi connectivity index (χ0) is 19.1. The Morgan fingerprint density at radius 2 is 1.73 bits per heavy atom. The van der Waals surface area contributed by atoms with Crippen molar-refractivity contribution < 1.29 is 23.1 Å². The van der Waals surface area contributed by atoms with Gasteiger partial charge in [-0.15, -0.1) is 0 Å². The third-order valence-corrected chi connectivity index (χ3v) is 9.20. The van der Waals surface area contributed by atoms with E-state index in [1.807, 2.05) is 6.92 Å². The van der Waals surface area contributed by atoms with Crippen LogP contribution in [0.2, 0.25) is 0 Å². The van der Waals surface area contributed by atoms with Crippen molar-refractivity contribution in [1.29, 1.82) is 0 Å². The average molecular weight is 370 g/mol. The van der Waals surface area contributed by atoms with Gasteiger partial charge in [-0.25, -0.2) is 0 Å². The highest BCUT2D eigenvalue weighted by atomic mass is 19.4. The van der Waals surface area contributed by atoms with Gasteiger partial charge in [0.05, 0.1) is 0 Å². The van der Waals surface area contributed by atoms with Gasteiger partial charge < -0.3 is 5.11 Å². The van der Waals surface area contributed by atoms with Crippen molar-refractivity contribution in [3.63, 3.8) is 0 Å². The van der Waals surface area contributed by atoms with Crippen LogP contribution in [0.4, 0.5) is 13.2 Å². The van der Waals surface area contributed by atoms with Gasteiger partial charge in [0.15, 0.2) is 11.4 Å². The van der Waals surface area contributed by atoms with Crippen LogP contribution < -0.4 is 0 Å². The molecule has 0 aromatic carbocycles. The summed E-state index contributed by atoms with van der Waals surface area (Å²) in [6, 6.07) is 0. The van der Waals surface area contributed by atoms with Gasteiger partial charge in [-0.05, 0) is 80.6 Å². The number of hydrogen-bond donors (Lipinski definition) is 1. The van der Waals surface area contributed by atoms with Gasteiger partial charge in [-0.3, -0.25) is 4.79 Å². The topological polar surface area (TPSA) is 37.3 Å². The minimum atomic E-state index is -4.57. The monoisotopic (exact) mass is 370 g/mol. The lowest BCUT2D eigenvalue weighted by Crippen LogP contribution is -2.60. The van der Waals surface area contributed by atoms with E-state index in [-0.39, 0.29) is 29.5 Å². The summed E-state index contributed by atoms with van der Waals surface area (Å²) in [4.78, 5) is 12.0. The number of allylic oxidation sites excluding steroid dienone is 2. The van der Waals surface area contributed by atoms with Crippen LogP contribution >= 0.6 is 0 Å². The van der Waals surface area contributed by atoms with E-state index in [1.54, 1.807) is 13.0 Å². The molecule has 5 heteroatoms. The highest BCUT2D eigenvalue weighted by Gasteiger charge is 2.72. The van der Waals surface area contributed by atoms with Crippen LogP contribution in [0.25, 0.3) is 0 Å². The molecule has 1 N–H and O–H groups in total. The van der Waals surface area contributed by atoms with Crippen molar-refractivity contribution in [3.8, 4) is 0 Å². The lowest BCUT2D eigenvalue weighted by Gasteiger charge is -2.61. The lowest BCUT2D eigenvalue weighted by molar-refractivity contribution is -0.303. The predicted octanol–water partition coefficient (Wildman–Crippen LogP) is 5.06. The zero-order valence-electron chi connectivity index (χ0n) is 15.8. The van der Waals surface area contributed by atoms with Gasteiger partial charge in [0.25, 0.3) is 0 Å². The van der Waals surface area contributed by atoms with E-state index in [0.717, 1.165) is 18.4 Å². The lowest BCUT2D eigenvalue weighted by atomic mass is 9.44. The van der Waals surface area contributed by atoms with Gasteiger partial charge in [0, 0.05) is 11.8 Å². The molecule has 0 aromatic heterocycles. The van der Waals surface area contributed by atoms with E-state index in [4.69, 9.17) is 0 Å². The molecule has 0 radical (unpaired) electrons. The minimum Gasteiger partial charge on any atom is -0.380 e. The Morgan fingerprint density at radius 1 is 1.08 bits per heavy atom. The van der Waals surface area contributed by atoms with E-state index in [9.17, 15) is 23.1 Å². The molecule has 4 aliphatic carbocycles. The van der Waals surface area contributed by atoms with Crippen molar-refractivity contribution in [2.24, 2.45) is 34.5 Å². The highest BCUT2D eigenvalue weighted by molar-refractivity contribution is 5.91. The molecule has 0 heterocycles. The van der Waals surface area contributed by atoms with Crippen LogP contribution in [0.5, 0.6) is 0 Å². The van der Waals surface area contributed by atoms with Gasteiger partial charge in [0.1, 0.15) is 0 Å². The summed E-state index contributed by atoms with van der Waals surface area (Å²) in [6.07, 6.45) is 0.979. The summed E-state index contributed by atoms with van der Waals surface area (Å²) in [5.74, 6) is 0.947. The molecule has 0 aromatic rings. The average Bonchev–Trinajstić information content (AvgIpc) is 2.82. The number of hydrogen-bond acceptors (Lipinski definition) is 2. The first kappa shape index (κ1) is 18.5. The maximum absolute atomic E-state index is 13.7. The Bertz CT molecular complexity index is 669. The molecule has 0 saturated heterocycles. The van der Waals surface area contributed by atoms with Gasteiger partial charge in [-0.1, -0.05) is 19.4 Å². The molecule has 3 fully saturated rings. The summed E-state index contributed by atoms with van der Waals surface area (Å²) in [5, 5.41) is 10.7. The van der Waals surface area contributed by atoms with Gasteiger partial charge >= 0.3 is 6.18 Å². The van der Waals surface area contributed by atoms with Crippen LogP contribution in [-0.4, -0.2) is 22.7 Å². The Hall–Kier alpha value is -0.840. The van der Waals surface area contributed by atoms with Crippen molar-refractivity contribution in [2.75, 3.05) is 0 Å². The van der Waals surface area contributed by atoms with E-state index >= 15 is 0 Å². The third kappa shape index (κ3) is 2.07. The summed E-state index contributed by atoms with van der Waals surface area (Å²) >= 11 is 0. The van der Waals surface area contributed by atoms with Crippen LogP contribution in [0.1, 0.15) is 65.7 Å². The Morgan fingerprint density at radius 3 is 2.38 bits per heavy atom. The maximum Gasteiger partial charge on any atom is 0.417 e. The maximum atomic E-state index is 13.7. The number of carbonyl (C=O) groups excluding carboxylic acids is 1. The summed E-state index contributed by atoms with van der Waals surface area (Å²) in [5.41, 5.74) is -2.61. The molecule has 0 aliphatic heterocycles. The van der Waals surface area contributed by atoms with Crippen molar-refractivity contribution >= 4 is 5.78 Å². The number of aliphatic hydroxyl groups is 1. The molecule has 0 amide bonds. The first-order valence-electron chi connectivity index (χ1n) is 9.96. The first-order valence-corrected chi connectivity index (χ1v) is 9.96. The van der Waals surface area contributed by atoms with Gasteiger partial charge in [0.2, 0.25) is 0 Å². The Balaban J connectivity index is 1.72. The van der Waals surface area contributed by atoms with E-state index in [0.29, 0.717) is 37.5 Å². The van der Waals surface area contributed by atoms with Crippen LogP contribution in [-0.2, 0) is 4.79 Å². The second kappa shape index (κ2) is 5.36. The SMILES string of the molecule is CC1=CC(=O)C[C@@H]2CC[C@@H]3[C@H](CC[C@@]4(C)[C@H]3CC[C@@]4(O)C(F)(F)F)[C@@]12C. The fourth-order valence-corrected chi connectivity index (χ4v) is 7.54. The van der Waals surface area contributed by atoms with Crippen molar-refractivity contribution in [1.82, 2.24) is 0 Å². The molecule has 2 nitrogen and oxygen atoms in total. The minimum absolute atomic E-state index is 0.0862. The number of halogens is 3. The number of carbonyl (C=O) groups is 1. The fraction of sp³-hybridized carbons (Fsp3) is 0.857. The van der Waals surface area contributed by atoms with Crippen molar-refractivity contribution in [3.05, 3.63) is 11.6 Å². The van der Waals surface area contributed by atoms with Crippen LogP contribution in [0.15, 0.2) is 11.6 Å². The Kier molecular flexibility index (Phi) is 3.82. The number of fused-ring (bicyclic) bond motifs is 5. The second-order valence-electron chi connectivity index (χ2n) is 9.78. The normalized spacial score (nSPS) is 51.3. The standard InChI is InChI=1S/C21H29F3O2/c1-12-10-14(25)11-13-4-5-15-16-7-9-20(26,21(22,23)24)18(16,2)8-6-17(15)19(12,13)3/h10,13,15-17,26H,4-9,11H2,1-3H3/t13-,15-,16-,17-,18-,19-,20-/m0/s1. The Labute approximate surface area is 153 Å². The summed E-state index contributed by atoms with van der Waals surface area (Å²) < 4.78 is 41.2. The molecule has 0 spiro atoms. The van der Waals surface area contributed by atoms with Crippen LogP contribution in [0, 0.1) is 34.5 Å². The summed E-state index contributed by atoms with van der Waals surface area (Å²) in [7, 11) is 0. The summed E-state index contributed by atoms with van der Waals surface area (Å²) in [6.45, 7) is 5.94. The molecule has 146 valence electrons. The molecule has 26 heavy (non-hydrogen) atoms. The molecule has 4 rings (SSSR count). The predicted molar refractivity (Wildman–Crippen MR) is 92.3 cm³/mol.